The molecule has 166 valence electrons. The van der Waals surface area contributed by atoms with Crippen LogP contribution >= 0.6 is 0 Å². The van der Waals surface area contributed by atoms with Gasteiger partial charge in [-0.1, -0.05) is 32.1 Å². The summed E-state index contributed by atoms with van der Waals surface area (Å²) in [5.74, 6) is 1.05. The van der Waals surface area contributed by atoms with Crippen molar-refractivity contribution in [2.24, 2.45) is 34.5 Å². The summed E-state index contributed by atoms with van der Waals surface area (Å²) in [6.45, 7) is 4.58. The lowest BCUT2D eigenvalue weighted by molar-refractivity contribution is -0.189. The number of aromatic nitrogens is 2. The van der Waals surface area contributed by atoms with E-state index in [0.717, 1.165) is 55.3 Å². The molecule has 0 spiro atoms. The van der Waals surface area contributed by atoms with E-state index in [2.05, 4.69) is 35.5 Å². The Bertz CT molecular complexity index is 1050. The van der Waals surface area contributed by atoms with Gasteiger partial charge in [0.15, 0.2) is 0 Å². The van der Waals surface area contributed by atoms with Crippen molar-refractivity contribution in [1.82, 2.24) is 9.55 Å². The molecular formula is C26H34N2O3. The molecule has 1 aromatic carbocycles. The van der Waals surface area contributed by atoms with Crippen molar-refractivity contribution in [1.29, 1.82) is 0 Å². The molecular weight excluding hydrogens is 388 g/mol. The molecule has 4 aliphatic carbocycles. The lowest BCUT2D eigenvalue weighted by Gasteiger charge is -2.63. The summed E-state index contributed by atoms with van der Waals surface area (Å²) in [6.07, 6.45) is 8.13. The van der Waals surface area contributed by atoms with Gasteiger partial charge in [-0.15, -0.1) is 0 Å². The second-order valence-corrected chi connectivity index (χ2v) is 11.2. The van der Waals surface area contributed by atoms with Crippen LogP contribution in [-0.2, 0) is 0 Å². The summed E-state index contributed by atoms with van der Waals surface area (Å²) in [7, 11) is 0. The number of para-hydroxylation sites is 2. The van der Waals surface area contributed by atoms with Gasteiger partial charge in [0.2, 0.25) is 0 Å². The third-order valence-corrected chi connectivity index (χ3v) is 10.0. The molecule has 5 nitrogen and oxygen atoms in total. The minimum absolute atomic E-state index is 0.0931. The molecule has 0 aliphatic heterocycles. The molecule has 1 aromatic heterocycles. The van der Waals surface area contributed by atoms with Crippen LogP contribution in [0.5, 0.6) is 0 Å². The molecule has 0 saturated heterocycles. The van der Waals surface area contributed by atoms with E-state index in [4.69, 9.17) is 0 Å². The van der Waals surface area contributed by atoms with Crippen molar-refractivity contribution in [3.05, 3.63) is 36.7 Å². The average molecular weight is 423 g/mol. The van der Waals surface area contributed by atoms with Crippen LogP contribution in [-0.4, -0.2) is 43.2 Å². The van der Waals surface area contributed by atoms with Crippen molar-refractivity contribution in [3.8, 4) is 0 Å². The van der Waals surface area contributed by atoms with Crippen molar-refractivity contribution in [2.45, 2.75) is 70.7 Å². The Morgan fingerprint density at radius 3 is 2.68 bits per heavy atom. The van der Waals surface area contributed by atoms with Gasteiger partial charge in [-0.25, -0.2) is 4.98 Å². The molecule has 9 atom stereocenters. The average Bonchev–Trinajstić information content (AvgIpc) is 3.32. The molecule has 6 unspecified atom stereocenters. The predicted octanol–water partition coefficient (Wildman–Crippen LogP) is 3.83. The standard InChI is InChI=1S/C26H34N2O3/c1-25-10-9-16(29)11-15(25)12-21(30)24-17-7-8-22(26(17,2)23(31)13-18(24)25)28-14-27-19-5-3-4-6-20(19)28/h3-6,8,14-18,21,23-24,29-31H,7,9-13H2,1-2H3/t15?,16-,17?,18?,21?,23?,24?,25-,26-/m0/s1. The quantitative estimate of drug-likeness (QED) is 0.653. The van der Waals surface area contributed by atoms with Gasteiger partial charge < -0.3 is 19.9 Å². The van der Waals surface area contributed by atoms with Crippen molar-refractivity contribution >= 4 is 16.7 Å². The first-order valence-corrected chi connectivity index (χ1v) is 12.0. The molecule has 1 heterocycles. The number of benzene rings is 1. The smallest absolute Gasteiger partial charge is 0.100 e. The Kier molecular flexibility index (Phi) is 4.29. The van der Waals surface area contributed by atoms with Gasteiger partial charge in [-0.05, 0) is 79.7 Å². The van der Waals surface area contributed by atoms with Gasteiger partial charge in [-0.3, -0.25) is 0 Å². The highest BCUT2D eigenvalue weighted by atomic mass is 16.3. The van der Waals surface area contributed by atoms with E-state index in [-0.39, 0.29) is 29.5 Å². The summed E-state index contributed by atoms with van der Waals surface area (Å²) in [5.41, 5.74) is 2.87. The van der Waals surface area contributed by atoms with E-state index in [1.54, 1.807) is 0 Å². The fraction of sp³-hybridized carbons (Fsp3) is 0.654. The Balaban J connectivity index is 1.40. The van der Waals surface area contributed by atoms with Gasteiger partial charge in [-0.2, -0.15) is 0 Å². The van der Waals surface area contributed by atoms with E-state index in [9.17, 15) is 15.3 Å². The van der Waals surface area contributed by atoms with Crippen molar-refractivity contribution in [3.63, 3.8) is 0 Å². The van der Waals surface area contributed by atoms with Crippen LogP contribution in [0.1, 0.15) is 52.4 Å². The highest BCUT2D eigenvalue weighted by molar-refractivity contribution is 5.80. The first-order valence-electron chi connectivity index (χ1n) is 12.0. The maximum absolute atomic E-state index is 11.7. The number of hydrogen-bond acceptors (Lipinski definition) is 4. The van der Waals surface area contributed by atoms with Crippen molar-refractivity contribution in [2.75, 3.05) is 0 Å². The summed E-state index contributed by atoms with van der Waals surface area (Å²) in [6, 6.07) is 8.15. The molecule has 3 saturated carbocycles. The van der Waals surface area contributed by atoms with Crippen LogP contribution in [0.15, 0.2) is 36.7 Å². The normalized spacial score (nSPS) is 46.9. The summed E-state index contributed by atoms with van der Waals surface area (Å²) in [5, 5.41) is 33.3. The largest absolute Gasteiger partial charge is 0.393 e. The number of nitrogens with zero attached hydrogens (tertiary/aromatic N) is 2. The van der Waals surface area contributed by atoms with Crippen molar-refractivity contribution < 1.29 is 15.3 Å². The fourth-order valence-corrected chi connectivity index (χ4v) is 8.24. The maximum Gasteiger partial charge on any atom is 0.100 e. The van der Waals surface area contributed by atoms with E-state index in [1.165, 1.54) is 0 Å². The monoisotopic (exact) mass is 422 g/mol. The second kappa shape index (κ2) is 6.66. The molecule has 3 fully saturated rings. The number of imidazole rings is 1. The zero-order valence-corrected chi connectivity index (χ0v) is 18.5. The fourth-order valence-electron chi connectivity index (χ4n) is 8.24. The van der Waals surface area contributed by atoms with Gasteiger partial charge in [0.1, 0.15) is 6.33 Å². The van der Waals surface area contributed by atoms with Crippen LogP contribution in [0.25, 0.3) is 16.7 Å². The zero-order valence-electron chi connectivity index (χ0n) is 18.5. The Morgan fingerprint density at radius 1 is 1.03 bits per heavy atom. The second-order valence-electron chi connectivity index (χ2n) is 11.2. The molecule has 31 heavy (non-hydrogen) atoms. The first-order chi connectivity index (χ1) is 14.8. The highest BCUT2D eigenvalue weighted by Gasteiger charge is 2.64. The number of allylic oxidation sites excluding steroid dienone is 1. The number of rotatable bonds is 1. The minimum atomic E-state index is -0.455. The Hall–Kier alpha value is -1.69. The Morgan fingerprint density at radius 2 is 1.84 bits per heavy atom. The SMILES string of the molecule is C[C@]12CC[C@H](O)CC1CC(O)C1C2CC(O)[C@]2(C)C(n3cnc4ccccc43)=CCC12. The van der Waals surface area contributed by atoms with Crippen LogP contribution in [0, 0.1) is 34.5 Å². The lowest BCUT2D eigenvalue weighted by atomic mass is 9.43. The predicted molar refractivity (Wildman–Crippen MR) is 120 cm³/mol. The minimum Gasteiger partial charge on any atom is -0.393 e. The highest BCUT2D eigenvalue weighted by Crippen LogP contribution is 2.67. The van der Waals surface area contributed by atoms with Crippen LogP contribution in [0.2, 0.25) is 0 Å². The molecule has 0 bridgehead atoms. The first kappa shape index (κ1) is 20.0. The number of aliphatic hydroxyl groups is 3. The third kappa shape index (κ3) is 2.57. The van der Waals surface area contributed by atoms with E-state index in [1.807, 2.05) is 24.5 Å². The molecule has 4 aliphatic rings. The zero-order chi connectivity index (χ0) is 21.5. The molecule has 6 rings (SSSR count). The summed E-state index contributed by atoms with van der Waals surface area (Å²) in [4.78, 5) is 4.59. The molecule has 3 N–H and O–H groups in total. The summed E-state index contributed by atoms with van der Waals surface area (Å²) >= 11 is 0. The van der Waals surface area contributed by atoms with E-state index < -0.39 is 11.5 Å². The van der Waals surface area contributed by atoms with Gasteiger partial charge in [0, 0.05) is 11.1 Å². The van der Waals surface area contributed by atoms with E-state index >= 15 is 0 Å². The van der Waals surface area contributed by atoms with Crippen LogP contribution in [0.3, 0.4) is 0 Å². The molecule has 5 heteroatoms. The molecule has 2 aromatic rings. The lowest BCUT2D eigenvalue weighted by Crippen LogP contribution is -2.61. The summed E-state index contributed by atoms with van der Waals surface area (Å²) < 4.78 is 2.16. The number of aliphatic hydroxyl groups excluding tert-OH is 3. The Labute approximate surface area is 183 Å². The number of hydrogen-bond donors (Lipinski definition) is 3. The van der Waals surface area contributed by atoms with Gasteiger partial charge in [0.25, 0.3) is 0 Å². The molecule has 0 radical (unpaired) electrons. The van der Waals surface area contributed by atoms with Crippen LogP contribution in [0.4, 0.5) is 0 Å². The van der Waals surface area contributed by atoms with Crippen LogP contribution < -0.4 is 0 Å². The number of fused-ring (bicyclic) bond motifs is 6. The third-order valence-electron chi connectivity index (χ3n) is 10.0. The van der Waals surface area contributed by atoms with E-state index in [0.29, 0.717) is 11.8 Å². The molecule has 0 amide bonds. The van der Waals surface area contributed by atoms with Gasteiger partial charge in [0.05, 0.1) is 29.3 Å². The van der Waals surface area contributed by atoms with Gasteiger partial charge >= 0.3 is 0 Å². The topological polar surface area (TPSA) is 78.5 Å². The maximum atomic E-state index is 11.7.